The fraction of sp³-hybridized carbons (Fsp3) is 0.364. The van der Waals surface area contributed by atoms with Gasteiger partial charge in [-0.25, -0.2) is 4.98 Å². The number of aromatic nitrogens is 1. The number of hydrogen-bond acceptors (Lipinski definition) is 5. The number of carbonyl (C=O) groups is 1. The Kier molecular flexibility index (Phi) is 6.31. The van der Waals surface area contributed by atoms with Crippen molar-refractivity contribution in [2.45, 2.75) is 20.3 Å². The molecule has 0 saturated heterocycles. The molecule has 1 aromatic heterocycles. The lowest BCUT2D eigenvalue weighted by Gasteiger charge is -2.22. The first-order valence-electron chi connectivity index (χ1n) is 9.34. The average molecular weight is 398 g/mol. The number of para-hydroxylation sites is 1. The minimum Gasteiger partial charge on any atom is -0.494 e. The molecule has 0 bridgehead atoms. The van der Waals surface area contributed by atoms with Crippen molar-refractivity contribution in [3.8, 4) is 5.75 Å². The Labute approximate surface area is 170 Å². The van der Waals surface area contributed by atoms with E-state index in [9.17, 15) is 4.79 Å². The number of thiazole rings is 1. The molecule has 0 spiro atoms. The summed E-state index contributed by atoms with van der Waals surface area (Å²) >= 11 is 1.53. The molecule has 1 heterocycles. The van der Waals surface area contributed by atoms with E-state index in [0.29, 0.717) is 13.0 Å². The van der Waals surface area contributed by atoms with Gasteiger partial charge in [-0.2, -0.15) is 0 Å². The summed E-state index contributed by atoms with van der Waals surface area (Å²) in [6.45, 7) is 5.49. The summed E-state index contributed by atoms with van der Waals surface area (Å²) in [4.78, 5) is 21.9. The summed E-state index contributed by atoms with van der Waals surface area (Å²) < 4.78 is 6.45. The smallest absolute Gasteiger partial charge is 0.233 e. The molecule has 3 aromatic rings. The van der Waals surface area contributed by atoms with Crippen molar-refractivity contribution in [1.29, 1.82) is 0 Å². The van der Waals surface area contributed by atoms with E-state index in [1.807, 2.05) is 43.3 Å². The highest BCUT2D eigenvalue weighted by molar-refractivity contribution is 7.22. The van der Waals surface area contributed by atoms with Gasteiger partial charge in [0.05, 0.1) is 18.2 Å². The van der Waals surface area contributed by atoms with E-state index in [-0.39, 0.29) is 5.91 Å². The highest BCUT2D eigenvalue weighted by Crippen LogP contribution is 2.34. The average Bonchev–Trinajstić information content (AvgIpc) is 3.07. The van der Waals surface area contributed by atoms with E-state index < -0.39 is 0 Å². The number of methoxy groups -OCH3 is 1. The Morgan fingerprint density at radius 1 is 1.14 bits per heavy atom. The lowest BCUT2D eigenvalue weighted by atomic mass is 10.0. The maximum atomic E-state index is 13.2. The van der Waals surface area contributed by atoms with Crippen LogP contribution in [0, 0.1) is 13.8 Å². The van der Waals surface area contributed by atoms with Crippen molar-refractivity contribution < 1.29 is 9.53 Å². The maximum absolute atomic E-state index is 13.2. The minimum atomic E-state index is 0.0619. The second-order valence-electron chi connectivity index (χ2n) is 7.26. The zero-order chi connectivity index (χ0) is 20.3. The predicted molar refractivity (Wildman–Crippen MR) is 117 cm³/mol. The first-order chi connectivity index (χ1) is 13.4. The van der Waals surface area contributed by atoms with Gasteiger partial charge in [-0.3, -0.25) is 9.69 Å². The molecule has 0 fully saturated rings. The summed E-state index contributed by atoms with van der Waals surface area (Å²) in [5.41, 5.74) is 4.21. The molecule has 148 valence electrons. The molecular weight excluding hydrogens is 370 g/mol. The second kappa shape index (κ2) is 8.71. The van der Waals surface area contributed by atoms with E-state index in [2.05, 4.69) is 30.9 Å². The van der Waals surface area contributed by atoms with E-state index >= 15 is 0 Å². The third kappa shape index (κ3) is 4.51. The number of amides is 1. The van der Waals surface area contributed by atoms with Gasteiger partial charge in [-0.1, -0.05) is 41.2 Å². The molecule has 0 saturated carbocycles. The third-order valence-electron chi connectivity index (χ3n) is 4.73. The largest absolute Gasteiger partial charge is 0.494 e. The van der Waals surface area contributed by atoms with Gasteiger partial charge in [0, 0.05) is 13.1 Å². The molecule has 5 nitrogen and oxygen atoms in total. The number of benzene rings is 2. The monoisotopic (exact) mass is 397 g/mol. The van der Waals surface area contributed by atoms with Crippen molar-refractivity contribution in [3.63, 3.8) is 0 Å². The molecule has 0 N–H and O–H groups in total. The van der Waals surface area contributed by atoms with Gasteiger partial charge in [0.1, 0.15) is 11.3 Å². The van der Waals surface area contributed by atoms with Crippen molar-refractivity contribution in [2.75, 3.05) is 39.2 Å². The number of aryl methyl sites for hydroxylation is 2. The van der Waals surface area contributed by atoms with Crippen LogP contribution in [0.3, 0.4) is 0 Å². The van der Waals surface area contributed by atoms with Crippen molar-refractivity contribution >= 4 is 32.6 Å². The molecule has 3 rings (SSSR count). The van der Waals surface area contributed by atoms with Gasteiger partial charge in [-0.15, -0.1) is 0 Å². The zero-order valence-electron chi connectivity index (χ0n) is 17.2. The molecule has 28 heavy (non-hydrogen) atoms. The second-order valence-corrected chi connectivity index (χ2v) is 8.27. The normalized spacial score (nSPS) is 11.2. The highest BCUT2D eigenvalue weighted by Gasteiger charge is 2.21. The fourth-order valence-electron chi connectivity index (χ4n) is 3.12. The van der Waals surface area contributed by atoms with Crippen LogP contribution in [0.1, 0.15) is 16.7 Å². The van der Waals surface area contributed by atoms with Gasteiger partial charge < -0.3 is 9.64 Å². The number of ether oxygens (including phenoxy) is 1. The van der Waals surface area contributed by atoms with E-state index in [1.54, 1.807) is 7.11 Å². The van der Waals surface area contributed by atoms with Gasteiger partial charge in [0.2, 0.25) is 5.91 Å². The van der Waals surface area contributed by atoms with Gasteiger partial charge in [0.25, 0.3) is 0 Å². The molecule has 1 amide bonds. The summed E-state index contributed by atoms with van der Waals surface area (Å²) in [6.07, 6.45) is 0.368. The number of rotatable bonds is 7. The Hall–Kier alpha value is -2.44. The van der Waals surface area contributed by atoms with Gasteiger partial charge in [-0.05, 0) is 51.2 Å². The van der Waals surface area contributed by atoms with Crippen LogP contribution in [0.25, 0.3) is 10.2 Å². The quantitative estimate of drug-likeness (QED) is 0.603. The van der Waals surface area contributed by atoms with Crippen LogP contribution in [0.5, 0.6) is 5.75 Å². The first-order valence-corrected chi connectivity index (χ1v) is 10.2. The van der Waals surface area contributed by atoms with Gasteiger partial charge in [0.15, 0.2) is 5.13 Å². The maximum Gasteiger partial charge on any atom is 0.233 e. The lowest BCUT2D eigenvalue weighted by Crippen LogP contribution is -2.37. The van der Waals surface area contributed by atoms with Crippen LogP contribution in [0.4, 0.5) is 5.13 Å². The number of nitrogens with zero attached hydrogens (tertiary/aromatic N) is 3. The van der Waals surface area contributed by atoms with Crippen LogP contribution < -0.4 is 9.64 Å². The molecule has 0 unspecified atom stereocenters. The Balaban J connectivity index is 1.93. The van der Waals surface area contributed by atoms with E-state index in [0.717, 1.165) is 38.8 Å². The number of carbonyl (C=O) groups excluding carboxylic acids is 1. The topological polar surface area (TPSA) is 45.7 Å². The van der Waals surface area contributed by atoms with E-state index in [4.69, 9.17) is 9.72 Å². The van der Waals surface area contributed by atoms with Crippen LogP contribution in [0.15, 0.2) is 36.4 Å². The number of hydrogen-bond donors (Lipinski definition) is 0. The Morgan fingerprint density at radius 2 is 1.93 bits per heavy atom. The first kappa shape index (κ1) is 20.3. The van der Waals surface area contributed by atoms with Gasteiger partial charge >= 0.3 is 0 Å². The molecule has 0 aliphatic heterocycles. The Bertz CT molecular complexity index is 981. The van der Waals surface area contributed by atoms with Crippen molar-refractivity contribution in [3.05, 3.63) is 53.1 Å². The van der Waals surface area contributed by atoms with Crippen LogP contribution in [0.2, 0.25) is 0 Å². The number of anilines is 1. The molecule has 0 aliphatic rings. The molecular formula is C22H27N3O2S. The summed E-state index contributed by atoms with van der Waals surface area (Å²) in [6, 6.07) is 12.1. The zero-order valence-corrected chi connectivity index (χ0v) is 18.0. The molecule has 0 aliphatic carbocycles. The fourth-order valence-corrected chi connectivity index (χ4v) is 4.15. The third-order valence-corrected chi connectivity index (χ3v) is 5.78. The highest BCUT2D eigenvalue weighted by atomic mass is 32.1. The predicted octanol–water partition coefficient (Wildman–Crippen LogP) is 4.06. The summed E-state index contributed by atoms with van der Waals surface area (Å²) in [5, 5.41) is 0.719. The SMILES string of the molecule is COc1cccc2sc(N(CCN(C)C)C(=O)Cc3ccc(C)cc3C)nc12. The summed E-state index contributed by atoms with van der Waals surface area (Å²) in [5.74, 6) is 0.793. The standard InChI is InChI=1S/C22H27N3O2S/c1-15-9-10-17(16(2)13-15)14-20(26)25(12-11-24(3)4)22-23-21-18(27-5)7-6-8-19(21)28-22/h6-10,13H,11-12,14H2,1-5H3. The van der Waals surface area contributed by atoms with E-state index in [1.165, 1.54) is 16.9 Å². The lowest BCUT2D eigenvalue weighted by molar-refractivity contribution is -0.118. The van der Waals surface area contributed by atoms with Crippen LogP contribution >= 0.6 is 11.3 Å². The molecule has 0 atom stereocenters. The van der Waals surface area contributed by atoms with Crippen LogP contribution in [-0.2, 0) is 11.2 Å². The molecule has 2 aromatic carbocycles. The minimum absolute atomic E-state index is 0.0619. The van der Waals surface area contributed by atoms with Crippen LogP contribution in [-0.4, -0.2) is 50.1 Å². The molecule has 0 radical (unpaired) electrons. The van der Waals surface area contributed by atoms with Crippen molar-refractivity contribution in [1.82, 2.24) is 9.88 Å². The summed E-state index contributed by atoms with van der Waals surface area (Å²) in [7, 11) is 5.66. The van der Waals surface area contributed by atoms with Crippen molar-refractivity contribution in [2.24, 2.45) is 0 Å². The number of fused-ring (bicyclic) bond motifs is 1. The Morgan fingerprint density at radius 3 is 2.61 bits per heavy atom. The number of likely N-dealkylation sites (N-methyl/N-ethyl adjacent to an activating group) is 1. The molecule has 6 heteroatoms.